The van der Waals surface area contributed by atoms with Crippen LogP contribution in [-0.2, 0) is 19.1 Å². The van der Waals surface area contributed by atoms with Crippen molar-refractivity contribution >= 4 is 23.6 Å². The molecule has 0 saturated carbocycles. The first-order chi connectivity index (χ1) is 9.11. The van der Waals surface area contributed by atoms with E-state index < -0.39 is 41.1 Å². The molecule has 20 heavy (non-hydrogen) atoms. The Hall–Kier alpha value is -2.18. The summed E-state index contributed by atoms with van der Waals surface area (Å²) in [5.41, 5.74) is -0.719. The maximum atomic E-state index is 11.5. The number of carbonyl (C=O) groups is 4. The molecule has 7 heteroatoms. The Morgan fingerprint density at radius 2 is 1.80 bits per heavy atom. The van der Waals surface area contributed by atoms with Crippen molar-refractivity contribution < 1.29 is 29.0 Å². The van der Waals surface area contributed by atoms with Gasteiger partial charge in [-0.25, -0.2) is 4.79 Å². The third-order valence-electron chi connectivity index (χ3n) is 2.61. The number of carboxylic acid groups (broad SMARTS) is 1. The molecule has 0 unspecified atom stereocenters. The van der Waals surface area contributed by atoms with Crippen LogP contribution in [0.4, 0.5) is 4.79 Å². The predicted molar refractivity (Wildman–Crippen MR) is 68.0 cm³/mol. The average Bonchev–Trinajstić information content (AvgIpc) is 2.58. The lowest BCUT2D eigenvalue weighted by molar-refractivity contribution is -0.148. The molecule has 1 aliphatic carbocycles. The Labute approximate surface area is 116 Å². The maximum absolute atomic E-state index is 11.5. The van der Waals surface area contributed by atoms with E-state index in [1.807, 2.05) is 0 Å². The minimum Gasteiger partial charge on any atom is -0.481 e. The van der Waals surface area contributed by atoms with Gasteiger partial charge in [-0.3, -0.25) is 14.4 Å². The number of ketones is 2. The van der Waals surface area contributed by atoms with Crippen LogP contribution in [0.2, 0.25) is 0 Å². The smallest absolute Gasteiger partial charge is 0.407 e. The number of nitrogens with one attached hydrogen (secondary N) is 1. The molecule has 0 heterocycles. The number of hydrogen-bond acceptors (Lipinski definition) is 5. The van der Waals surface area contributed by atoms with Gasteiger partial charge < -0.3 is 15.2 Å². The second-order valence-electron chi connectivity index (χ2n) is 5.44. The zero-order valence-corrected chi connectivity index (χ0v) is 11.5. The van der Waals surface area contributed by atoms with Gasteiger partial charge in [0.05, 0.1) is 11.8 Å². The third kappa shape index (κ3) is 4.18. The Morgan fingerprint density at radius 3 is 2.20 bits per heavy atom. The van der Waals surface area contributed by atoms with Crippen molar-refractivity contribution in [2.75, 3.05) is 6.54 Å². The van der Waals surface area contributed by atoms with E-state index in [0.717, 1.165) is 12.2 Å². The van der Waals surface area contributed by atoms with E-state index in [-0.39, 0.29) is 6.54 Å². The normalized spacial score (nSPS) is 17.1. The highest BCUT2D eigenvalue weighted by atomic mass is 16.6. The third-order valence-corrected chi connectivity index (χ3v) is 2.61. The van der Waals surface area contributed by atoms with E-state index in [2.05, 4.69) is 5.32 Å². The van der Waals surface area contributed by atoms with Crippen molar-refractivity contribution in [3.05, 3.63) is 12.2 Å². The van der Waals surface area contributed by atoms with Crippen LogP contribution in [-0.4, -0.2) is 40.9 Å². The summed E-state index contributed by atoms with van der Waals surface area (Å²) >= 11 is 0. The minimum absolute atomic E-state index is 0.353. The summed E-state index contributed by atoms with van der Waals surface area (Å²) in [7, 11) is 0. The minimum atomic E-state index is -1.32. The molecular weight excluding hydrogens is 266 g/mol. The molecule has 1 amide bonds. The summed E-state index contributed by atoms with van der Waals surface area (Å²) in [6, 6.07) is 0. The predicted octanol–water partition coefficient (Wildman–Crippen LogP) is 0.536. The molecule has 0 spiro atoms. The molecule has 1 aliphatic rings. The van der Waals surface area contributed by atoms with Crippen molar-refractivity contribution in [3.63, 3.8) is 0 Å². The van der Waals surface area contributed by atoms with Crippen molar-refractivity contribution in [2.45, 2.75) is 26.4 Å². The van der Waals surface area contributed by atoms with Crippen LogP contribution in [0.1, 0.15) is 20.8 Å². The van der Waals surface area contributed by atoms with Crippen molar-refractivity contribution in [2.24, 2.45) is 11.8 Å². The van der Waals surface area contributed by atoms with E-state index in [1.165, 1.54) is 0 Å². The van der Waals surface area contributed by atoms with E-state index in [0.29, 0.717) is 0 Å². The molecule has 0 radical (unpaired) electrons. The highest BCUT2D eigenvalue weighted by molar-refractivity contribution is 6.20. The number of allylic oxidation sites excluding steroid dienone is 2. The molecule has 0 aromatic carbocycles. The number of aliphatic carboxylic acids is 1. The molecule has 2 N–H and O–H groups in total. The van der Waals surface area contributed by atoms with Crippen LogP contribution >= 0.6 is 0 Å². The van der Waals surface area contributed by atoms with Gasteiger partial charge in [-0.05, 0) is 32.9 Å². The largest absolute Gasteiger partial charge is 0.481 e. The van der Waals surface area contributed by atoms with E-state index in [1.54, 1.807) is 20.8 Å². The molecule has 0 bridgehead atoms. The molecule has 1 atom stereocenters. The lowest BCUT2D eigenvalue weighted by Gasteiger charge is -2.22. The van der Waals surface area contributed by atoms with Gasteiger partial charge in [-0.2, -0.15) is 0 Å². The number of carbonyl (C=O) groups excluding carboxylic acids is 3. The van der Waals surface area contributed by atoms with Crippen molar-refractivity contribution in [1.29, 1.82) is 0 Å². The summed E-state index contributed by atoms with van der Waals surface area (Å²) in [6.45, 7) is 4.63. The quantitative estimate of drug-likeness (QED) is 0.728. The number of amides is 1. The molecule has 0 aromatic rings. The fourth-order valence-corrected chi connectivity index (χ4v) is 1.76. The van der Waals surface area contributed by atoms with Crippen LogP contribution in [0.15, 0.2) is 12.2 Å². The average molecular weight is 283 g/mol. The monoisotopic (exact) mass is 283 g/mol. The van der Waals surface area contributed by atoms with Crippen LogP contribution in [0, 0.1) is 11.8 Å². The Balaban J connectivity index is 2.66. The number of alkyl carbamates (subject to hydrolysis) is 1. The summed E-state index contributed by atoms with van der Waals surface area (Å²) < 4.78 is 4.96. The number of hydrogen-bond donors (Lipinski definition) is 2. The molecule has 7 nitrogen and oxygen atoms in total. The van der Waals surface area contributed by atoms with Gasteiger partial charge in [0, 0.05) is 6.54 Å². The Kier molecular flexibility index (Phi) is 4.65. The first kappa shape index (κ1) is 15.9. The van der Waals surface area contributed by atoms with Gasteiger partial charge >= 0.3 is 12.1 Å². The first-order valence-corrected chi connectivity index (χ1v) is 6.07. The van der Waals surface area contributed by atoms with Gasteiger partial charge in [-0.15, -0.1) is 0 Å². The topological polar surface area (TPSA) is 110 Å². The summed E-state index contributed by atoms with van der Waals surface area (Å²) in [5.74, 6) is -5.03. The fourth-order valence-electron chi connectivity index (χ4n) is 1.76. The standard InChI is InChI=1S/C13H17NO6/c1-13(2,3)20-12(19)14-6-7(11(17)18)10-8(15)4-5-9(10)16/h4-5,7,10H,6H2,1-3H3,(H,14,19)(H,17,18)/t7-/m1/s1. The summed E-state index contributed by atoms with van der Waals surface area (Å²) in [4.78, 5) is 45.6. The molecule has 0 saturated heterocycles. The highest BCUT2D eigenvalue weighted by Crippen LogP contribution is 2.21. The molecule has 0 aliphatic heterocycles. The molecule has 0 fully saturated rings. The van der Waals surface area contributed by atoms with E-state index in [4.69, 9.17) is 9.84 Å². The second-order valence-corrected chi connectivity index (χ2v) is 5.44. The van der Waals surface area contributed by atoms with Crippen LogP contribution in [0.25, 0.3) is 0 Å². The van der Waals surface area contributed by atoms with Gasteiger partial charge in [-0.1, -0.05) is 0 Å². The Bertz CT molecular complexity index is 456. The number of ether oxygens (including phenoxy) is 1. The fraction of sp³-hybridized carbons (Fsp3) is 0.538. The van der Waals surface area contributed by atoms with Crippen LogP contribution < -0.4 is 5.32 Å². The van der Waals surface area contributed by atoms with Crippen LogP contribution in [0.5, 0.6) is 0 Å². The SMILES string of the molecule is CC(C)(C)OC(=O)NC[C@@H](C(=O)O)C1C(=O)C=CC1=O. The molecule has 1 rings (SSSR count). The zero-order valence-electron chi connectivity index (χ0n) is 11.5. The van der Waals surface area contributed by atoms with Gasteiger partial charge in [0.25, 0.3) is 0 Å². The lowest BCUT2D eigenvalue weighted by Crippen LogP contribution is -2.42. The highest BCUT2D eigenvalue weighted by Gasteiger charge is 2.40. The number of carboxylic acids is 1. The van der Waals surface area contributed by atoms with Crippen molar-refractivity contribution in [3.8, 4) is 0 Å². The summed E-state index contributed by atoms with van der Waals surface area (Å²) in [5, 5.41) is 11.4. The van der Waals surface area contributed by atoms with Gasteiger partial charge in [0.2, 0.25) is 0 Å². The van der Waals surface area contributed by atoms with E-state index in [9.17, 15) is 19.2 Å². The Morgan fingerprint density at radius 1 is 1.30 bits per heavy atom. The number of rotatable bonds is 4. The second kappa shape index (κ2) is 5.85. The first-order valence-electron chi connectivity index (χ1n) is 6.07. The van der Waals surface area contributed by atoms with Gasteiger partial charge in [0.15, 0.2) is 11.6 Å². The molecular formula is C13H17NO6. The maximum Gasteiger partial charge on any atom is 0.407 e. The van der Waals surface area contributed by atoms with Crippen LogP contribution in [0.3, 0.4) is 0 Å². The molecule has 0 aromatic heterocycles. The van der Waals surface area contributed by atoms with Crippen molar-refractivity contribution in [1.82, 2.24) is 5.32 Å². The zero-order chi connectivity index (χ0) is 15.5. The van der Waals surface area contributed by atoms with Gasteiger partial charge in [0.1, 0.15) is 5.60 Å². The molecule has 110 valence electrons. The van der Waals surface area contributed by atoms with E-state index >= 15 is 0 Å². The lowest BCUT2D eigenvalue weighted by atomic mass is 9.88. The summed E-state index contributed by atoms with van der Waals surface area (Å²) in [6.07, 6.45) is 1.31.